The molecule has 1 aliphatic rings. The van der Waals surface area contributed by atoms with Crippen LogP contribution in [0.4, 0.5) is 15.3 Å². The molecule has 0 bridgehead atoms. The molecule has 1 heterocycles. The van der Waals surface area contributed by atoms with Gasteiger partial charge < -0.3 is 20.3 Å². The molecule has 3 rings (SSSR count). The molecule has 0 radical (unpaired) electrons. The standard InChI is InChI=1S/C20H23N3O3S/c1-27-18-10-6-5-9-17(18)22-19(24)23-12-11-16(13-23)21-20(25)26-14-15-7-3-2-4-8-15/h2-10,16H,11-14H2,1H3,(H,21,25)(H,22,24)/t16-/m1/s1. The van der Waals surface area contributed by atoms with Crippen molar-refractivity contribution in [1.82, 2.24) is 10.2 Å². The zero-order chi connectivity index (χ0) is 19.1. The summed E-state index contributed by atoms with van der Waals surface area (Å²) < 4.78 is 5.24. The normalized spacial score (nSPS) is 16.0. The van der Waals surface area contributed by atoms with Crippen molar-refractivity contribution in [3.8, 4) is 0 Å². The number of nitrogens with one attached hydrogen (secondary N) is 2. The molecule has 2 N–H and O–H groups in total. The first kappa shape index (κ1) is 19.1. The van der Waals surface area contributed by atoms with Crippen molar-refractivity contribution in [1.29, 1.82) is 0 Å². The van der Waals surface area contributed by atoms with Crippen LogP contribution in [0.5, 0.6) is 0 Å². The molecule has 0 aromatic heterocycles. The Hall–Kier alpha value is -2.67. The number of para-hydroxylation sites is 1. The predicted molar refractivity (Wildman–Crippen MR) is 107 cm³/mol. The Morgan fingerprint density at radius 3 is 2.67 bits per heavy atom. The van der Waals surface area contributed by atoms with Crippen LogP contribution in [0.2, 0.25) is 0 Å². The zero-order valence-electron chi connectivity index (χ0n) is 15.2. The van der Waals surface area contributed by atoms with Gasteiger partial charge in [0.1, 0.15) is 6.61 Å². The highest BCUT2D eigenvalue weighted by molar-refractivity contribution is 7.98. The number of amides is 3. The molecule has 3 amide bonds. The molecule has 0 saturated carbocycles. The van der Waals surface area contributed by atoms with Crippen molar-refractivity contribution < 1.29 is 14.3 Å². The second-order valence-electron chi connectivity index (χ2n) is 6.27. The van der Waals surface area contributed by atoms with Crippen molar-refractivity contribution in [3.63, 3.8) is 0 Å². The predicted octanol–water partition coefficient (Wildman–Crippen LogP) is 3.94. The van der Waals surface area contributed by atoms with Crippen molar-refractivity contribution >= 4 is 29.6 Å². The average Bonchev–Trinajstić information content (AvgIpc) is 3.16. The van der Waals surface area contributed by atoms with E-state index in [9.17, 15) is 9.59 Å². The maximum absolute atomic E-state index is 12.5. The highest BCUT2D eigenvalue weighted by Gasteiger charge is 2.28. The number of hydrogen-bond donors (Lipinski definition) is 2. The number of thioether (sulfide) groups is 1. The molecular weight excluding hydrogens is 362 g/mol. The molecular formula is C20H23N3O3S. The van der Waals surface area contributed by atoms with Gasteiger partial charge in [0.05, 0.1) is 11.7 Å². The van der Waals surface area contributed by atoms with Crippen LogP contribution in [0.15, 0.2) is 59.5 Å². The third-order valence-corrected chi connectivity index (χ3v) is 5.15. The number of ether oxygens (including phenoxy) is 1. The lowest BCUT2D eigenvalue weighted by Gasteiger charge is -2.19. The molecule has 0 unspecified atom stereocenters. The van der Waals surface area contributed by atoms with Crippen LogP contribution < -0.4 is 10.6 Å². The first-order chi connectivity index (χ1) is 13.2. The molecule has 0 spiro atoms. The number of carbonyl (C=O) groups is 2. The van der Waals surface area contributed by atoms with Gasteiger partial charge in [-0.05, 0) is 30.4 Å². The lowest BCUT2D eigenvalue weighted by Crippen LogP contribution is -2.39. The number of carbonyl (C=O) groups excluding carboxylic acids is 2. The topological polar surface area (TPSA) is 70.7 Å². The minimum Gasteiger partial charge on any atom is -0.445 e. The van der Waals surface area contributed by atoms with Gasteiger partial charge in [-0.3, -0.25) is 0 Å². The van der Waals surface area contributed by atoms with Gasteiger partial charge in [-0.25, -0.2) is 9.59 Å². The Labute approximate surface area is 163 Å². The van der Waals surface area contributed by atoms with Crippen LogP contribution in [0.3, 0.4) is 0 Å². The van der Waals surface area contributed by atoms with E-state index in [1.165, 1.54) is 0 Å². The summed E-state index contributed by atoms with van der Waals surface area (Å²) in [6.45, 7) is 1.29. The first-order valence-corrected chi connectivity index (χ1v) is 10.0. The summed E-state index contributed by atoms with van der Waals surface area (Å²) in [4.78, 5) is 27.2. The largest absolute Gasteiger partial charge is 0.445 e. The van der Waals surface area contributed by atoms with Gasteiger partial charge in [0.15, 0.2) is 0 Å². The number of alkyl carbamates (subject to hydrolysis) is 1. The maximum atomic E-state index is 12.5. The van der Waals surface area contributed by atoms with Gasteiger partial charge in [-0.15, -0.1) is 11.8 Å². The van der Waals surface area contributed by atoms with E-state index in [0.29, 0.717) is 19.5 Å². The third kappa shape index (κ3) is 5.40. The lowest BCUT2D eigenvalue weighted by atomic mass is 10.2. The molecule has 7 heteroatoms. The lowest BCUT2D eigenvalue weighted by molar-refractivity contribution is 0.136. The van der Waals surface area contributed by atoms with Crippen LogP contribution >= 0.6 is 11.8 Å². The van der Waals surface area contributed by atoms with E-state index >= 15 is 0 Å². The molecule has 1 aliphatic heterocycles. The van der Waals surface area contributed by atoms with Crippen molar-refractivity contribution in [3.05, 3.63) is 60.2 Å². The molecule has 2 aromatic rings. The number of hydrogen-bond acceptors (Lipinski definition) is 4. The van der Waals surface area contributed by atoms with E-state index < -0.39 is 6.09 Å². The summed E-state index contributed by atoms with van der Waals surface area (Å²) in [5.74, 6) is 0. The first-order valence-electron chi connectivity index (χ1n) is 8.82. The Morgan fingerprint density at radius 2 is 1.89 bits per heavy atom. The van der Waals surface area contributed by atoms with Crippen molar-refractivity contribution in [2.24, 2.45) is 0 Å². The molecule has 142 valence electrons. The quantitative estimate of drug-likeness (QED) is 0.765. The SMILES string of the molecule is CSc1ccccc1NC(=O)N1CC[C@@H](NC(=O)OCc2ccccc2)C1. The second-order valence-corrected chi connectivity index (χ2v) is 7.12. The van der Waals surface area contributed by atoms with Gasteiger partial charge in [0, 0.05) is 18.0 Å². The second kappa shape index (κ2) is 9.32. The number of benzene rings is 2. The molecule has 1 fully saturated rings. The van der Waals surface area contributed by atoms with Crippen LogP contribution in [-0.4, -0.2) is 42.4 Å². The number of nitrogens with zero attached hydrogens (tertiary/aromatic N) is 1. The van der Waals surface area contributed by atoms with E-state index in [1.807, 2.05) is 60.9 Å². The summed E-state index contributed by atoms with van der Waals surface area (Å²) >= 11 is 1.59. The molecule has 2 aromatic carbocycles. The molecule has 6 nitrogen and oxygen atoms in total. The van der Waals surface area contributed by atoms with Gasteiger partial charge in [-0.2, -0.15) is 0 Å². The van der Waals surface area contributed by atoms with E-state index in [1.54, 1.807) is 16.7 Å². The van der Waals surface area contributed by atoms with E-state index in [2.05, 4.69) is 10.6 Å². The van der Waals surface area contributed by atoms with E-state index in [4.69, 9.17) is 4.74 Å². The zero-order valence-corrected chi connectivity index (χ0v) is 16.0. The monoisotopic (exact) mass is 385 g/mol. The minimum absolute atomic E-state index is 0.102. The van der Waals surface area contributed by atoms with Crippen LogP contribution in [0, 0.1) is 0 Å². The smallest absolute Gasteiger partial charge is 0.407 e. The average molecular weight is 385 g/mol. The molecule has 1 atom stereocenters. The third-order valence-electron chi connectivity index (χ3n) is 4.36. The summed E-state index contributed by atoms with van der Waals surface area (Å²) in [6, 6.07) is 17.0. The number of urea groups is 1. The molecule has 0 aliphatic carbocycles. The summed E-state index contributed by atoms with van der Waals surface area (Å²) in [5, 5.41) is 5.78. The van der Waals surface area contributed by atoms with Gasteiger partial charge in [0.2, 0.25) is 0 Å². The number of likely N-dealkylation sites (tertiary alicyclic amines) is 1. The van der Waals surface area contributed by atoms with Crippen LogP contribution in [0.1, 0.15) is 12.0 Å². The van der Waals surface area contributed by atoms with Crippen LogP contribution in [0.25, 0.3) is 0 Å². The Morgan fingerprint density at radius 1 is 1.15 bits per heavy atom. The van der Waals surface area contributed by atoms with Gasteiger partial charge >= 0.3 is 12.1 Å². The van der Waals surface area contributed by atoms with Crippen LogP contribution in [-0.2, 0) is 11.3 Å². The number of rotatable bonds is 5. The van der Waals surface area contributed by atoms with Gasteiger partial charge in [-0.1, -0.05) is 42.5 Å². The summed E-state index contributed by atoms with van der Waals surface area (Å²) in [6.07, 6.45) is 2.22. The summed E-state index contributed by atoms with van der Waals surface area (Å²) in [7, 11) is 0. The van der Waals surface area contributed by atoms with Crippen molar-refractivity contribution in [2.75, 3.05) is 24.7 Å². The van der Waals surface area contributed by atoms with E-state index in [-0.39, 0.29) is 18.7 Å². The fourth-order valence-corrected chi connectivity index (χ4v) is 3.49. The Kier molecular flexibility index (Phi) is 6.59. The Bertz CT molecular complexity index is 785. The summed E-state index contributed by atoms with van der Waals surface area (Å²) in [5.41, 5.74) is 1.74. The molecule has 1 saturated heterocycles. The van der Waals surface area contributed by atoms with E-state index in [0.717, 1.165) is 16.1 Å². The number of anilines is 1. The molecule has 27 heavy (non-hydrogen) atoms. The highest BCUT2D eigenvalue weighted by Crippen LogP contribution is 2.25. The van der Waals surface area contributed by atoms with Gasteiger partial charge in [0.25, 0.3) is 0 Å². The van der Waals surface area contributed by atoms with Crippen molar-refractivity contribution in [2.45, 2.75) is 24.0 Å². The highest BCUT2D eigenvalue weighted by atomic mass is 32.2. The minimum atomic E-state index is -0.459. The Balaban J connectivity index is 1.45. The fourth-order valence-electron chi connectivity index (χ4n) is 2.94. The fraction of sp³-hybridized carbons (Fsp3) is 0.300. The maximum Gasteiger partial charge on any atom is 0.407 e.